The zero-order chi connectivity index (χ0) is 19.6. The third-order valence-corrected chi connectivity index (χ3v) is 6.89. The van der Waals surface area contributed by atoms with Gasteiger partial charge in [-0.25, -0.2) is 8.42 Å². The van der Waals surface area contributed by atoms with Crippen LogP contribution in [0.2, 0.25) is 0 Å². The average Bonchev–Trinajstić information content (AvgIpc) is 3.04. The number of carbonyl (C=O) groups excluding carboxylic acids is 1. The number of rotatable bonds is 5. The van der Waals surface area contributed by atoms with Gasteiger partial charge in [-0.1, -0.05) is 26.0 Å². The maximum atomic E-state index is 12.9. The van der Waals surface area contributed by atoms with Crippen LogP contribution in [0.5, 0.6) is 0 Å². The van der Waals surface area contributed by atoms with Gasteiger partial charge in [-0.3, -0.25) is 4.79 Å². The second-order valence-corrected chi connectivity index (χ2v) is 9.23. The van der Waals surface area contributed by atoms with Gasteiger partial charge in [-0.05, 0) is 48.9 Å². The van der Waals surface area contributed by atoms with Crippen LogP contribution in [0.1, 0.15) is 42.7 Å². The van der Waals surface area contributed by atoms with Gasteiger partial charge in [0, 0.05) is 32.0 Å². The molecule has 0 bridgehead atoms. The standard InChI is InChI=1S/C20H27N3O3S/c1-4-16-8-5-9-17(11-16)21-20(24)19-12-18(14-22(19)3)27(25,26)23-10-6-7-15(2)13-23/h5,8-9,11-12,14-15H,4,6-7,10,13H2,1-3H3,(H,21,24)/t15-/m1/s1. The largest absolute Gasteiger partial charge is 0.345 e. The Morgan fingerprint density at radius 2 is 2.07 bits per heavy atom. The van der Waals surface area contributed by atoms with Crippen LogP contribution in [-0.4, -0.2) is 36.3 Å². The molecule has 1 fully saturated rings. The first-order valence-corrected chi connectivity index (χ1v) is 10.8. The molecule has 3 rings (SSSR count). The van der Waals surface area contributed by atoms with Crippen LogP contribution in [-0.2, 0) is 23.5 Å². The summed E-state index contributed by atoms with van der Waals surface area (Å²) in [7, 11) is -1.89. The number of hydrogen-bond acceptors (Lipinski definition) is 3. The Bertz CT molecular complexity index is 934. The number of benzene rings is 1. The molecule has 0 radical (unpaired) electrons. The number of amides is 1. The quantitative estimate of drug-likeness (QED) is 0.853. The summed E-state index contributed by atoms with van der Waals surface area (Å²) in [5.74, 6) is 0.0325. The fourth-order valence-corrected chi connectivity index (χ4v) is 5.15. The number of nitrogens with zero attached hydrogens (tertiary/aromatic N) is 2. The summed E-state index contributed by atoms with van der Waals surface area (Å²) < 4.78 is 29.0. The second-order valence-electron chi connectivity index (χ2n) is 7.29. The van der Waals surface area contributed by atoms with Crippen molar-refractivity contribution in [2.75, 3.05) is 18.4 Å². The van der Waals surface area contributed by atoms with E-state index < -0.39 is 10.0 Å². The highest BCUT2D eigenvalue weighted by atomic mass is 32.2. The fourth-order valence-electron chi connectivity index (χ4n) is 3.48. The molecular formula is C20H27N3O3S. The minimum Gasteiger partial charge on any atom is -0.345 e. The molecule has 0 saturated carbocycles. The van der Waals surface area contributed by atoms with E-state index >= 15 is 0 Å². The maximum absolute atomic E-state index is 12.9. The van der Waals surface area contributed by atoms with E-state index in [1.165, 1.54) is 16.6 Å². The van der Waals surface area contributed by atoms with Crippen molar-refractivity contribution >= 4 is 21.6 Å². The molecule has 1 atom stereocenters. The number of anilines is 1. The predicted octanol–water partition coefficient (Wildman–Crippen LogP) is 3.26. The Labute approximate surface area is 161 Å². The number of sulfonamides is 1. The van der Waals surface area contributed by atoms with E-state index in [0.717, 1.165) is 24.8 Å². The maximum Gasteiger partial charge on any atom is 0.272 e. The van der Waals surface area contributed by atoms with Crippen LogP contribution in [0.25, 0.3) is 0 Å². The summed E-state index contributed by atoms with van der Waals surface area (Å²) in [5.41, 5.74) is 2.15. The molecule has 27 heavy (non-hydrogen) atoms. The molecule has 146 valence electrons. The summed E-state index contributed by atoms with van der Waals surface area (Å²) in [6.07, 6.45) is 4.32. The van der Waals surface area contributed by atoms with Crippen molar-refractivity contribution in [3.05, 3.63) is 47.8 Å². The summed E-state index contributed by atoms with van der Waals surface area (Å²) >= 11 is 0. The third-order valence-electron chi connectivity index (χ3n) is 5.06. The SMILES string of the molecule is CCc1cccc(NC(=O)c2cc(S(=O)(=O)N3CCC[C@@H](C)C3)cn2C)c1. The second kappa shape index (κ2) is 7.86. The van der Waals surface area contributed by atoms with Crippen LogP contribution < -0.4 is 5.32 Å². The van der Waals surface area contributed by atoms with Crippen LogP contribution in [0.3, 0.4) is 0 Å². The van der Waals surface area contributed by atoms with Crippen molar-refractivity contribution < 1.29 is 13.2 Å². The third kappa shape index (κ3) is 4.25. The molecule has 1 N–H and O–H groups in total. The van der Waals surface area contributed by atoms with Crippen LogP contribution in [0.4, 0.5) is 5.69 Å². The van der Waals surface area contributed by atoms with Gasteiger partial charge in [0.1, 0.15) is 10.6 Å². The fraction of sp³-hybridized carbons (Fsp3) is 0.450. The molecule has 0 unspecified atom stereocenters. The Balaban J connectivity index is 1.82. The summed E-state index contributed by atoms with van der Waals surface area (Å²) in [4.78, 5) is 12.8. The molecular weight excluding hydrogens is 362 g/mol. The van der Waals surface area contributed by atoms with Crippen molar-refractivity contribution in [3.8, 4) is 0 Å². The number of carbonyl (C=O) groups is 1. The molecule has 2 heterocycles. The molecule has 2 aromatic rings. The topological polar surface area (TPSA) is 71.4 Å². The summed E-state index contributed by atoms with van der Waals surface area (Å²) in [6.45, 7) is 5.18. The first kappa shape index (κ1) is 19.6. The highest BCUT2D eigenvalue weighted by Gasteiger charge is 2.30. The monoisotopic (exact) mass is 389 g/mol. The van der Waals surface area contributed by atoms with E-state index in [0.29, 0.717) is 30.4 Å². The highest BCUT2D eigenvalue weighted by Crippen LogP contribution is 2.25. The Kier molecular flexibility index (Phi) is 5.72. The number of nitrogens with one attached hydrogen (secondary N) is 1. The van der Waals surface area contributed by atoms with Gasteiger partial charge < -0.3 is 9.88 Å². The molecule has 1 aromatic heterocycles. The van der Waals surface area contributed by atoms with Crippen molar-refractivity contribution in [2.24, 2.45) is 13.0 Å². The number of hydrogen-bond donors (Lipinski definition) is 1. The molecule has 6 nitrogen and oxygen atoms in total. The summed E-state index contributed by atoms with van der Waals surface area (Å²) in [5, 5.41) is 2.86. The van der Waals surface area contributed by atoms with E-state index in [1.54, 1.807) is 11.6 Å². The zero-order valence-corrected chi connectivity index (χ0v) is 16.9. The first-order chi connectivity index (χ1) is 12.8. The molecule has 7 heteroatoms. The molecule has 1 aromatic carbocycles. The highest BCUT2D eigenvalue weighted by molar-refractivity contribution is 7.89. The zero-order valence-electron chi connectivity index (χ0n) is 16.1. The Morgan fingerprint density at radius 3 is 2.78 bits per heavy atom. The minimum atomic E-state index is -3.58. The molecule has 1 amide bonds. The predicted molar refractivity (Wildman–Crippen MR) is 106 cm³/mol. The molecule has 1 aliphatic rings. The van der Waals surface area contributed by atoms with Gasteiger partial charge in [0.15, 0.2) is 0 Å². The molecule has 1 saturated heterocycles. The average molecular weight is 390 g/mol. The lowest BCUT2D eigenvalue weighted by Crippen LogP contribution is -2.38. The van der Waals surface area contributed by atoms with Gasteiger partial charge in [0.05, 0.1) is 0 Å². The van der Waals surface area contributed by atoms with Gasteiger partial charge in [-0.2, -0.15) is 4.31 Å². The van der Waals surface area contributed by atoms with E-state index in [9.17, 15) is 13.2 Å². The van der Waals surface area contributed by atoms with Crippen LogP contribution >= 0.6 is 0 Å². The van der Waals surface area contributed by atoms with Crippen LogP contribution in [0.15, 0.2) is 41.4 Å². The van der Waals surface area contributed by atoms with E-state index in [-0.39, 0.29) is 10.8 Å². The van der Waals surface area contributed by atoms with Crippen molar-refractivity contribution in [2.45, 2.75) is 38.0 Å². The lowest BCUT2D eigenvalue weighted by Gasteiger charge is -2.29. The molecule has 1 aliphatic heterocycles. The Hall–Kier alpha value is -2.12. The first-order valence-electron chi connectivity index (χ1n) is 9.38. The Morgan fingerprint density at radius 1 is 1.30 bits per heavy atom. The van der Waals surface area contributed by atoms with E-state index in [4.69, 9.17) is 0 Å². The van der Waals surface area contributed by atoms with Gasteiger partial charge in [-0.15, -0.1) is 0 Å². The molecule has 0 aliphatic carbocycles. The van der Waals surface area contributed by atoms with Crippen molar-refractivity contribution in [1.29, 1.82) is 0 Å². The van der Waals surface area contributed by atoms with Gasteiger partial charge >= 0.3 is 0 Å². The van der Waals surface area contributed by atoms with Gasteiger partial charge in [0.2, 0.25) is 10.0 Å². The normalized spacial score (nSPS) is 18.4. The molecule has 0 spiro atoms. The number of aryl methyl sites for hydroxylation is 2. The van der Waals surface area contributed by atoms with Crippen LogP contribution in [0, 0.1) is 5.92 Å². The lowest BCUT2D eigenvalue weighted by atomic mass is 10.0. The smallest absolute Gasteiger partial charge is 0.272 e. The van der Waals surface area contributed by atoms with E-state index in [2.05, 4.69) is 19.2 Å². The number of aromatic nitrogens is 1. The van der Waals surface area contributed by atoms with Crippen molar-refractivity contribution in [1.82, 2.24) is 8.87 Å². The lowest BCUT2D eigenvalue weighted by molar-refractivity contribution is 0.101. The van der Waals surface area contributed by atoms with E-state index in [1.807, 2.05) is 24.3 Å². The van der Waals surface area contributed by atoms with Gasteiger partial charge in [0.25, 0.3) is 5.91 Å². The number of piperidine rings is 1. The van der Waals surface area contributed by atoms with Crippen molar-refractivity contribution in [3.63, 3.8) is 0 Å². The summed E-state index contributed by atoms with van der Waals surface area (Å²) in [6, 6.07) is 9.11. The minimum absolute atomic E-state index is 0.173.